The van der Waals surface area contributed by atoms with E-state index in [0.717, 1.165) is 36.6 Å². The van der Waals surface area contributed by atoms with Gasteiger partial charge < -0.3 is 14.4 Å². The first kappa shape index (κ1) is 23.5. The lowest BCUT2D eigenvalue weighted by Gasteiger charge is -2.33. The number of aromatic nitrogens is 1. The third-order valence-corrected chi connectivity index (χ3v) is 7.31. The largest absolute Gasteiger partial charge is 0.490 e. The van der Waals surface area contributed by atoms with Crippen LogP contribution in [0, 0.1) is 19.8 Å². The van der Waals surface area contributed by atoms with Gasteiger partial charge in [-0.25, -0.2) is 4.98 Å². The summed E-state index contributed by atoms with van der Waals surface area (Å²) in [5, 5.41) is 7.41. The van der Waals surface area contributed by atoms with Crippen LogP contribution in [0.1, 0.15) is 36.9 Å². The standard InChI is InChI=1S/C23H27F3N4O2S/c1-14-20(10-13-31)30(28-21(14)23(24,25)26)17-4-6-18(7-5-17)32-19-8-11-29(12-9-19)22-15(2)27-16(3)33-22/h4-7,13-14,19-20H,8-12H2,1-3H3/t14?,20-/m0/s1. The number of thiazole rings is 1. The third kappa shape index (κ3) is 5.00. The van der Waals surface area contributed by atoms with Crippen LogP contribution >= 0.6 is 11.3 Å². The average molecular weight is 481 g/mol. The van der Waals surface area contributed by atoms with Crippen molar-refractivity contribution in [1.82, 2.24) is 4.98 Å². The predicted molar refractivity (Wildman–Crippen MR) is 123 cm³/mol. The molecule has 2 aromatic rings. The Morgan fingerprint density at radius 2 is 1.85 bits per heavy atom. The summed E-state index contributed by atoms with van der Waals surface area (Å²) in [5.41, 5.74) is 0.715. The molecule has 4 rings (SSSR count). The molecular weight excluding hydrogens is 453 g/mol. The van der Waals surface area contributed by atoms with E-state index in [4.69, 9.17) is 4.74 Å². The maximum absolute atomic E-state index is 13.3. The maximum Gasteiger partial charge on any atom is 0.431 e. The van der Waals surface area contributed by atoms with Gasteiger partial charge in [0, 0.05) is 38.3 Å². The molecule has 0 radical (unpaired) electrons. The maximum atomic E-state index is 13.3. The number of alkyl halides is 3. The molecule has 6 nitrogen and oxygen atoms in total. The summed E-state index contributed by atoms with van der Waals surface area (Å²) in [7, 11) is 0. The van der Waals surface area contributed by atoms with Crippen molar-refractivity contribution in [2.24, 2.45) is 11.0 Å². The van der Waals surface area contributed by atoms with Crippen LogP contribution in [0.5, 0.6) is 5.75 Å². The monoisotopic (exact) mass is 480 g/mol. The van der Waals surface area contributed by atoms with Gasteiger partial charge in [0.2, 0.25) is 0 Å². The van der Waals surface area contributed by atoms with Gasteiger partial charge in [-0.15, -0.1) is 11.3 Å². The highest BCUT2D eigenvalue weighted by Gasteiger charge is 2.48. The minimum atomic E-state index is -4.52. The molecule has 0 amide bonds. The number of hydrogen-bond donors (Lipinski definition) is 0. The highest BCUT2D eigenvalue weighted by atomic mass is 32.1. The van der Waals surface area contributed by atoms with Gasteiger partial charge >= 0.3 is 6.18 Å². The number of aryl methyl sites for hydroxylation is 2. The summed E-state index contributed by atoms with van der Waals surface area (Å²) in [6.07, 6.45) is -2.08. The topological polar surface area (TPSA) is 58.0 Å². The van der Waals surface area contributed by atoms with E-state index in [2.05, 4.69) is 15.0 Å². The number of hydrogen-bond acceptors (Lipinski definition) is 7. The van der Waals surface area contributed by atoms with Crippen LogP contribution in [0.25, 0.3) is 0 Å². The fourth-order valence-electron chi connectivity index (χ4n) is 4.50. The Labute approximate surface area is 195 Å². The van der Waals surface area contributed by atoms with Crippen molar-refractivity contribution < 1.29 is 22.7 Å². The Morgan fingerprint density at radius 3 is 2.39 bits per heavy atom. The van der Waals surface area contributed by atoms with Gasteiger partial charge in [-0.3, -0.25) is 5.01 Å². The number of piperidine rings is 1. The smallest absolute Gasteiger partial charge is 0.431 e. The second kappa shape index (κ2) is 9.32. The normalized spacial score (nSPS) is 21.9. The molecule has 178 valence electrons. The van der Waals surface area contributed by atoms with Gasteiger partial charge in [-0.2, -0.15) is 18.3 Å². The first-order valence-electron chi connectivity index (χ1n) is 11.0. The van der Waals surface area contributed by atoms with E-state index in [1.165, 1.54) is 16.9 Å². The Bertz CT molecular complexity index is 1010. The van der Waals surface area contributed by atoms with Gasteiger partial charge in [-0.05, 0) is 38.1 Å². The zero-order valence-corrected chi connectivity index (χ0v) is 19.6. The van der Waals surface area contributed by atoms with Gasteiger partial charge in [-0.1, -0.05) is 6.92 Å². The van der Waals surface area contributed by atoms with Gasteiger partial charge in [0.15, 0.2) is 0 Å². The molecule has 0 saturated carbocycles. The van der Waals surface area contributed by atoms with E-state index < -0.39 is 23.8 Å². The minimum Gasteiger partial charge on any atom is -0.490 e. The summed E-state index contributed by atoms with van der Waals surface area (Å²) < 4.78 is 46.1. The van der Waals surface area contributed by atoms with Crippen LogP contribution in [-0.4, -0.2) is 48.4 Å². The van der Waals surface area contributed by atoms with Crippen LogP contribution in [0.4, 0.5) is 23.9 Å². The van der Waals surface area contributed by atoms with E-state index in [1.807, 2.05) is 13.8 Å². The van der Waals surface area contributed by atoms with Crippen LogP contribution in [0.15, 0.2) is 29.4 Å². The summed E-state index contributed by atoms with van der Waals surface area (Å²) >= 11 is 1.71. The van der Waals surface area contributed by atoms with E-state index in [1.54, 1.807) is 35.6 Å². The molecule has 0 aliphatic carbocycles. The third-order valence-electron chi connectivity index (χ3n) is 6.18. The number of benzene rings is 1. The van der Waals surface area contributed by atoms with Crippen molar-refractivity contribution in [1.29, 1.82) is 0 Å². The molecule has 33 heavy (non-hydrogen) atoms. The molecule has 2 aliphatic heterocycles. The minimum absolute atomic E-state index is 0.0279. The number of aldehydes is 1. The fraction of sp³-hybridized carbons (Fsp3) is 0.522. The Morgan fingerprint density at radius 1 is 1.18 bits per heavy atom. The van der Waals surface area contributed by atoms with Crippen LogP contribution < -0.4 is 14.6 Å². The second-order valence-electron chi connectivity index (χ2n) is 8.51. The van der Waals surface area contributed by atoms with Gasteiger partial charge in [0.25, 0.3) is 0 Å². The van der Waals surface area contributed by atoms with Crippen LogP contribution in [-0.2, 0) is 4.79 Å². The number of nitrogens with zero attached hydrogens (tertiary/aromatic N) is 4. The van der Waals surface area contributed by atoms with Crippen molar-refractivity contribution in [2.75, 3.05) is 23.0 Å². The van der Waals surface area contributed by atoms with Crippen molar-refractivity contribution in [2.45, 2.75) is 58.4 Å². The molecule has 0 N–H and O–H groups in total. The molecule has 1 fully saturated rings. The van der Waals surface area contributed by atoms with Crippen LogP contribution in [0.2, 0.25) is 0 Å². The highest BCUT2D eigenvalue weighted by Crippen LogP contribution is 2.37. The number of halogens is 3. The predicted octanol–water partition coefficient (Wildman–Crippen LogP) is 5.14. The second-order valence-corrected chi connectivity index (χ2v) is 9.69. The van der Waals surface area contributed by atoms with E-state index in [0.29, 0.717) is 17.7 Å². The number of ether oxygens (including phenoxy) is 1. The summed E-state index contributed by atoms with van der Waals surface area (Å²) in [6, 6.07) is 6.24. The number of carbonyl (C=O) groups is 1. The molecule has 1 aromatic carbocycles. The fourth-order valence-corrected chi connectivity index (χ4v) is 5.47. The first-order chi connectivity index (χ1) is 15.7. The van der Waals surface area contributed by atoms with E-state index >= 15 is 0 Å². The van der Waals surface area contributed by atoms with Gasteiger partial charge in [0.1, 0.15) is 28.9 Å². The molecular formula is C23H27F3N4O2S. The van der Waals surface area contributed by atoms with E-state index in [9.17, 15) is 18.0 Å². The Balaban J connectivity index is 1.40. The number of carbonyl (C=O) groups excluding carboxylic acids is 1. The van der Waals surface area contributed by atoms with E-state index in [-0.39, 0.29) is 12.5 Å². The number of rotatable bonds is 6. The lowest BCUT2D eigenvalue weighted by atomic mass is 9.95. The van der Waals surface area contributed by atoms with Crippen molar-refractivity contribution in [3.8, 4) is 5.75 Å². The number of anilines is 2. The first-order valence-corrected chi connectivity index (χ1v) is 11.8. The summed E-state index contributed by atoms with van der Waals surface area (Å²) in [6.45, 7) is 7.28. The zero-order chi connectivity index (χ0) is 23.8. The Hall–Kier alpha value is -2.62. The SMILES string of the molecule is Cc1nc(C)c(N2CCC(Oc3ccc(N4N=C(C(F)(F)F)C(C)[C@@H]4CC=O)cc3)CC2)s1. The molecule has 2 aliphatic rings. The molecule has 2 atom stereocenters. The molecule has 1 aromatic heterocycles. The molecule has 0 bridgehead atoms. The summed E-state index contributed by atoms with van der Waals surface area (Å²) in [5.74, 6) is -0.219. The van der Waals surface area contributed by atoms with Crippen molar-refractivity contribution in [3.05, 3.63) is 35.0 Å². The van der Waals surface area contributed by atoms with Crippen molar-refractivity contribution >= 4 is 34.0 Å². The zero-order valence-electron chi connectivity index (χ0n) is 18.8. The van der Waals surface area contributed by atoms with Gasteiger partial charge in [0.05, 0.1) is 22.4 Å². The lowest BCUT2D eigenvalue weighted by molar-refractivity contribution is -0.108. The average Bonchev–Trinajstić information content (AvgIpc) is 3.28. The van der Waals surface area contributed by atoms with Crippen LogP contribution in [0.3, 0.4) is 0 Å². The molecule has 0 spiro atoms. The molecule has 1 unspecified atom stereocenters. The lowest BCUT2D eigenvalue weighted by Crippen LogP contribution is -2.38. The summed E-state index contributed by atoms with van der Waals surface area (Å²) in [4.78, 5) is 17.9. The Kier molecular flexibility index (Phi) is 6.65. The molecule has 10 heteroatoms. The number of hydrazone groups is 1. The highest BCUT2D eigenvalue weighted by molar-refractivity contribution is 7.15. The quantitative estimate of drug-likeness (QED) is 0.536. The molecule has 1 saturated heterocycles. The molecule has 3 heterocycles. The van der Waals surface area contributed by atoms with Crippen molar-refractivity contribution in [3.63, 3.8) is 0 Å².